The number of hydrogen-bond acceptors (Lipinski definition) is 5. The third kappa shape index (κ3) is 5.89. The third-order valence-electron chi connectivity index (χ3n) is 6.38. The number of aromatic nitrogens is 2. The molecule has 6 nitrogen and oxygen atoms in total. The van der Waals surface area contributed by atoms with E-state index < -0.39 is 6.04 Å². The van der Waals surface area contributed by atoms with E-state index in [2.05, 4.69) is 41.3 Å². The minimum absolute atomic E-state index is 0.141. The molecule has 0 bridgehead atoms. The maximum Gasteiger partial charge on any atom is 0.275 e. The topological polar surface area (TPSA) is 75.2 Å². The van der Waals surface area contributed by atoms with E-state index in [1.807, 2.05) is 29.6 Å². The van der Waals surface area contributed by atoms with Crippen molar-refractivity contribution in [3.8, 4) is 0 Å². The number of rotatable bonds is 8. The first kappa shape index (κ1) is 24.1. The van der Waals surface area contributed by atoms with E-state index in [1.54, 1.807) is 16.2 Å². The molecule has 1 aliphatic rings. The molecule has 0 saturated heterocycles. The van der Waals surface area contributed by atoms with Gasteiger partial charge < -0.3 is 10.2 Å². The summed E-state index contributed by atoms with van der Waals surface area (Å²) < 4.78 is 0. The molecule has 7 heteroatoms. The molecule has 1 aliphatic carbocycles. The van der Waals surface area contributed by atoms with E-state index >= 15 is 0 Å². The predicted octanol–water partition coefficient (Wildman–Crippen LogP) is 5.49. The van der Waals surface area contributed by atoms with Gasteiger partial charge in [-0.05, 0) is 41.3 Å². The Hall–Kier alpha value is -3.06. The second-order valence-electron chi connectivity index (χ2n) is 9.17. The van der Waals surface area contributed by atoms with Crippen molar-refractivity contribution < 1.29 is 9.59 Å². The fraction of sp³-hybridized carbons (Fsp3) is 0.407. The van der Waals surface area contributed by atoms with Crippen molar-refractivity contribution >= 4 is 23.2 Å². The van der Waals surface area contributed by atoms with Crippen LogP contribution in [0.25, 0.3) is 0 Å². The van der Waals surface area contributed by atoms with Crippen molar-refractivity contribution in [3.05, 3.63) is 82.1 Å². The molecule has 0 spiro atoms. The van der Waals surface area contributed by atoms with E-state index in [-0.39, 0.29) is 23.6 Å². The summed E-state index contributed by atoms with van der Waals surface area (Å²) in [6.07, 6.45) is 9.92. The Morgan fingerprint density at radius 1 is 1.06 bits per heavy atom. The molecule has 178 valence electrons. The number of amides is 2. The smallest absolute Gasteiger partial charge is 0.275 e. The first-order chi connectivity index (χ1) is 16.5. The molecule has 2 heterocycles. The van der Waals surface area contributed by atoms with Gasteiger partial charge in [-0.2, -0.15) is 0 Å². The number of nitrogens with zero attached hydrogens (tertiary/aromatic N) is 3. The van der Waals surface area contributed by atoms with Crippen LogP contribution in [-0.2, 0) is 11.3 Å². The highest BCUT2D eigenvalue weighted by Gasteiger charge is 2.34. The minimum Gasteiger partial charge on any atom is -0.351 e. The second-order valence-corrected chi connectivity index (χ2v) is 10.2. The Morgan fingerprint density at radius 3 is 2.41 bits per heavy atom. The molecule has 1 saturated carbocycles. The largest absolute Gasteiger partial charge is 0.351 e. The molecular weight excluding hydrogens is 444 g/mol. The lowest BCUT2D eigenvalue weighted by atomic mass is 9.94. The van der Waals surface area contributed by atoms with Crippen molar-refractivity contribution in [1.29, 1.82) is 0 Å². The van der Waals surface area contributed by atoms with Crippen LogP contribution in [0.5, 0.6) is 0 Å². The lowest BCUT2D eigenvalue weighted by Gasteiger charge is -2.33. The zero-order valence-electron chi connectivity index (χ0n) is 19.8. The van der Waals surface area contributed by atoms with Crippen molar-refractivity contribution in [1.82, 2.24) is 20.2 Å². The van der Waals surface area contributed by atoms with E-state index in [0.29, 0.717) is 12.5 Å². The normalized spacial score (nSPS) is 15.1. The summed E-state index contributed by atoms with van der Waals surface area (Å²) >= 11 is 1.57. The molecule has 4 rings (SSSR count). The Kier molecular flexibility index (Phi) is 8.06. The summed E-state index contributed by atoms with van der Waals surface area (Å²) in [5.41, 5.74) is 2.22. The van der Waals surface area contributed by atoms with E-state index in [4.69, 9.17) is 0 Å². The van der Waals surface area contributed by atoms with Crippen LogP contribution in [0.2, 0.25) is 0 Å². The average molecular weight is 477 g/mol. The SMILES string of the molecule is CC(C)c1ccc([C@H](C(=O)NC2CCCCC2)N(Cc2cccs2)C(=O)c2cnccn2)cc1. The first-order valence-electron chi connectivity index (χ1n) is 12.0. The Balaban J connectivity index is 1.72. The standard InChI is InChI=1S/C27H32N4O2S/c1-19(2)20-10-12-21(13-11-20)25(26(32)30-22-7-4-3-5-8-22)31(18-23-9-6-16-34-23)27(33)24-17-28-14-15-29-24/h6,9-17,19,22,25H,3-5,7-8,18H2,1-2H3,(H,30,32)/t25-/m1/s1. The van der Waals surface area contributed by atoms with Crippen molar-refractivity contribution in [2.75, 3.05) is 0 Å². The molecule has 1 aromatic carbocycles. The molecule has 2 aromatic heterocycles. The highest BCUT2D eigenvalue weighted by atomic mass is 32.1. The van der Waals surface area contributed by atoms with Crippen molar-refractivity contribution in [3.63, 3.8) is 0 Å². The summed E-state index contributed by atoms with van der Waals surface area (Å²) in [4.78, 5) is 38.5. The quantitative estimate of drug-likeness (QED) is 0.466. The molecule has 34 heavy (non-hydrogen) atoms. The van der Waals surface area contributed by atoms with Gasteiger partial charge in [-0.15, -0.1) is 11.3 Å². The van der Waals surface area contributed by atoms with E-state index in [1.165, 1.54) is 30.6 Å². The van der Waals surface area contributed by atoms with Crippen LogP contribution in [0.1, 0.15) is 84.4 Å². The summed E-state index contributed by atoms with van der Waals surface area (Å²) in [7, 11) is 0. The van der Waals surface area contributed by atoms with Gasteiger partial charge in [-0.3, -0.25) is 14.6 Å². The molecule has 1 N–H and O–H groups in total. The first-order valence-corrected chi connectivity index (χ1v) is 12.9. The highest BCUT2D eigenvalue weighted by molar-refractivity contribution is 7.09. The van der Waals surface area contributed by atoms with Crippen LogP contribution in [0.4, 0.5) is 0 Å². The maximum atomic E-state index is 13.8. The van der Waals surface area contributed by atoms with Gasteiger partial charge in [-0.1, -0.05) is 63.4 Å². The third-order valence-corrected chi connectivity index (χ3v) is 7.24. The summed E-state index contributed by atoms with van der Waals surface area (Å²) in [6.45, 7) is 4.60. The number of hydrogen-bond donors (Lipinski definition) is 1. The van der Waals surface area contributed by atoms with Crippen LogP contribution >= 0.6 is 11.3 Å². The van der Waals surface area contributed by atoms with Gasteiger partial charge in [0.1, 0.15) is 11.7 Å². The zero-order chi connectivity index (χ0) is 23.9. The van der Waals surface area contributed by atoms with Gasteiger partial charge in [-0.25, -0.2) is 4.98 Å². The Morgan fingerprint density at radius 2 is 1.79 bits per heavy atom. The van der Waals surface area contributed by atoms with Gasteiger partial charge in [0.15, 0.2) is 0 Å². The van der Waals surface area contributed by atoms with Gasteiger partial charge in [0.25, 0.3) is 5.91 Å². The molecule has 3 aromatic rings. The van der Waals surface area contributed by atoms with E-state index in [9.17, 15) is 9.59 Å². The summed E-state index contributed by atoms with van der Waals surface area (Å²) in [5, 5.41) is 5.24. The van der Waals surface area contributed by atoms with Gasteiger partial charge in [0, 0.05) is 23.3 Å². The van der Waals surface area contributed by atoms with Crippen molar-refractivity contribution in [2.45, 2.75) is 70.5 Å². The molecule has 0 unspecified atom stereocenters. The maximum absolute atomic E-state index is 13.8. The van der Waals surface area contributed by atoms with Crippen LogP contribution in [0, 0.1) is 0 Å². The van der Waals surface area contributed by atoms with Crippen molar-refractivity contribution in [2.24, 2.45) is 0 Å². The molecule has 2 amide bonds. The average Bonchev–Trinajstić information content (AvgIpc) is 3.38. The van der Waals surface area contributed by atoms with Gasteiger partial charge >= 0.3 is 0 Å². The van der Waals surface area contributed by atoms with Gasteiger partial charge in [0.2, 0.25) is 5.91 Å². The number of thiophene rings is 1. The zero-order valence-corrected chi connectivity index (χ0v) is 20.6. The lowest BCUT2D eigenvalue weighted by molar-refractivity contribution is -0.127. The molecule has 0 aliphatic heterocycles. The van der Waals surface area contributed by atoms with Crippen LogP contribution in [0.3, 0.4) is 0 Å². The number of carbonyl (C=O) groups excluding carboxylic acids is 2. The molecule has 1 atom stereocenters. The molecule has 0 radical (unpaired) electrons. The fourth-order valence-corrected chi connectivity index (χ4v) is 5.17. The Bertz CT molecular complexity index is 1060. The second kappa shape index (κ2) is 11.4. The highest BCUT2D eigenvalue weighted by Crippen LogP contribution is 2.29. The Labute approximate surface area is 205 Å². The molecular formula is C27H32N4O2S. The minimum atomic E-state index is -0.764. The summed E-state index contributed by atoms with van der Waals surface area (Å²) in [5.74, 6) is -0.0664. The van der Waals surface area contributed by atoms with Crippen LogP contribution in [0.15, 0.2) is 60.4 Å². The lowest BCUT2D eigenvalue weighted by Crippen LogP contribution is -2.47. The summed E-state index contributed by atoms with van der Waals surface area (Å²) in [6, 6.07) is 11.4. The number of nitrogens with one attached hydrogen (secondary N) is 1. The fourth-order valence-electron chi connectivity index (χ4n) is 4.47. The van der Waals surface area contributed by atoms with Gasteiger partial charge in [0.05, 0.1) is 12.7 Å². The van der Waals surface area contributed by atoms with Crippen LogP contribution in [-0.4, -0.2) is 32.7 Å². The number of carbonyl (C=O) groups is 2. The van der Waals surface area contributed by atoms with Crippen LogP contribution < -0.4 is 5.32 Å². The van der Waals surface area contributed by atoms with E-state index in [0.717, 1.165) is 36.1 Å². The molecule has 1 fully saturated rings. The monoisotopic (exact) mass is 476 g/mol. The predicted molar refractivity (Wildman–Crippen MR) is 135 cm³/mol. The number of benzene rings is 1.